The van der Waals surface area contributed by atoms with E-state index in [1.807, 2.05) is 36.4 Å². The normalized spacial score (nSPS) is 32.0. The Hall–Kier alpha value is -1.61. The van der Waals surface area contributed by atoms with E-state index in [1.165, 1.54) is 5.71 Å². The summed E-state index contributed by atoms with van der Waals surface area (Å²) in [5.41, 5.74) is 5.51. The van der Waals surface area contributed by atoms with Crippen LogP contribution in [0.5, 0.6) is 0 Å². The zero-order chi connectivity index (χ0) is 14.6. The van der Waals surface area contributed by atoms with Gasteiger partial charge in [-0.3, -0.25) is 5.43 Å². The van der Waals surface area contributed by atoms with Crippen molar-refractivity contribution in [3.05, 3.63) is 43.0 Å². The van der Waals surface area contributed by atoms with E-state index in [1.54, 1.807) is 0 Å². The highest BCUT2D eigenvalue weighted by molar-refractivity contribution is 5.88. The van der Waals surface area contributed by atoms with E-state index in [2.05, 4.69) is 38.0 Å². The number of rotatable bonds is 4. The fourth-order valence-corrected chi connectivity index (χ4v) is 2.99. The SMILES string of the molecule is C=CC[N+]1(C)C[C@H](C)/C(=N/Nc2ccccc2)C[C@H]1C. The van der Waals surface area contributed by atoms with Crippen LogP contribution < -0.4 is 5.43 Å². The number of nitrogens with one attached hydrogen (secondary N) is 1. The second-order valence-electron chi connectivity index (χ2n) is 6.17. The molecule has 1 aromatic rings. The molecule has 20 heavy (non-hydrogen) atoms. The maximum atomic E-state index is 4.64. The molecule has 0 aliphatic carbocycles. The average molecular weight is 272 g/mol. The number of anilines is 1. The number of nitrogens with zero attached hydrogens (tertiary/aromatic N) is 2. The molecular weight excluding hydrogens is 246 g/mol. The Morgan fingerprint density at radius 3 is 2.70 bits per heavy atom. The van der Waals surface area contributed by atoms with Crippen molar-refractivity contribution in [2.45, 2.75) is 26.3 Å². The molecule has 1 unspecified atom stereocenters. The molecule has 1 aliphatic heterocycles. The van der Waals surface area contributed by atoms with Gasteiger partial charge in [0, 0.05) is 12.3 Å². The number of benzene rings is 1. The van der Waals surface area contributed by atoms with Crippen molar-refractivity contribution in [1.29, 1.82) is 0 Å². The van der Waals surface area contributed by atoms with Crippen molar-refractivity contribution in [2.24, 2.45) is 11.0 Å². The second-order valence-corrected chi connectivity index (χ2v) is 6.17. The molecule has 3 heteroatoms. The Bertz CT molecular complexity index is 480. The maximum Gasteiger partial charge on any atom is 0.0971 e. The van der Waals surface area contributed by atoms with E-state index in [9.17, 15) is 0 Å². The third-order valence-electron chi connectivity index (χ3n) is 4.48. The van der Waals surface area contributed by atoms with Crippen LogP contribution in [0.1, 0.15) is 20.3 Å². The van der Waals surface area contributed by atoms with E-state index in [-0.39, 0.29) is 0 Å². The molecular formula is C17H26N3+. The van der Waals surface area contributed by atoms with Gasteiger partial charge in [-0.25, -0.2) is 0 Å². The molecule has 0 spiro atoms. The van der Waals surface area contributed by atoms with Crippen molar-refractivity contribution in [3.8, 4) is 0 Å². The van der Waals surface area contributed by atoms with Crippen LogP contribution in [0.4, 0.5) is 5.69 Å². The lowest BCUT2D eigenvalue weighted by Gasteiger charge is -2.45. The zero-order valence-corrected chi connectivity index (χ0v) is 12.8. The summed E-state index contributed by atoms with van der Waals surface area (Å²) in [7, 11) is 2.32. The molecule has 0 amide bonds. The average Bonchev–Trinajstić information content (AvgIpc) is 2.43. The van der Waals surface area contributed by atoms with Gasteiger partial charge in [-0.1, -0.05) is 31.7 Å². The Labute approximate surface area is 122 Å². The minimum Gasteiger partial charge on any atom is -0.320 e. The molecule has 1 heterocycles. The molecule has 0 bridgehead atoms. The highest BCUT2D eigenvalue weighted by atomic mass is 15.4. The van der Waals surface area contributed by atoms with Crippen LogP contribution >= 0.6 is 0 Å². The van der Waals surface area contributed by atoms with Gasteiger partial charge in [-0.2, -0.15) is 5.10 Å². The fourth-order valence-electron chi connectivity index (χ4n) is 2.99. The number of likely N-dealkylation sites (N-methyl/N-ethyl adjacent to an activating group) is 1. The third kappa shape index (κ3) is 3.28. The second kappa shape index (κ2) is 6.23. The van der Waals surface area contributed by atoms with Crippen molar-refractivity contribution < 1.29 is 4.48 Å². The van der Waals surface area contributed by atoms with E-state index in [0.717, 1.165) is 29.7 Å². The molecule has 2 rings (SSSR count). The van der Waals surface area contributed by atoms with Crippen LogP contribution in [0.3, 0.4) is 0 Å². The predicted molar refractivity (Wildman–Crippen MR) is 86.9 cm³/mol. The first-order valence-corrected chi connectivity index (χ1v) is 7.38. The summed E-state index contributed by atoms with van der Waals surface area (Å²) in [5.74, 6) is 0.507. The summed E-state index contributed by atoms with van der Waals surface area (Å²) in [6.07, 6.45) is 3.08. The first-order chi connectivity index (χ1) is 9.55. The predicted octanol–water partition coefficient (Wildman–Crippen LogP) is 3.52. The first-order valence-electron chi connectivity index (χ1n) is 7.38. The van der Waals surface area contributed by atoms with Gasteiger partial charge < -0.3 is 4.48 Å². The molecule has 1 N–H and O–H groups in total. The summed E-state index contributed by atoms with van der Waals surface area (Å²) >= 11 is 0. The van der Waals surface area contributed by atoms with Gasteiger partial charge in [-0.05, 0) is 25.1 Å². The highest BCUT2D eigenvalue weighted by Gasteiger charge is 2.38. The Kier molecular flexibility index (Phi) is 4.61. The number of hydrazone groups is 1. The van der Waals surface area contributed by atoms with Gasteiger partial charge in [0.15, 0.2) is 0 Å². The maximum absolute atomic E-state index is 4.64. The van der Waals surface area contributed by atoms with Gasteiger partial charge in [0.1, 0.15) is 0 Å². The first kappa shape index (κ1) is 14.8. The monoisotopic (exact) mass is 272 g/mol. The van der Waals surface area contributed by atoms with Gasteiger partial charge in [0.25, 0.3) is 0 Å². The molecule has 0 aromatic heterocycles. The van der Waals surface area contributed by atoms with Crippen LogP contribution in [0.15, 0.2) is 48.1 Å². The number of quaternary nitrogens is 1. The number of para-hydroxylation sites is 1. The van der Waals surface area contributed by atoms with Crippen LogP contribution in [0.25, 0.3) is 0 Å². The van der Waals surface area contributed by atoms with Crippen molar-refractivity contribution in [2.75, 3.05) is 25.6 Å². The van der Waals surface area contributed by atoms with Crippen molar-refractivity contribution in [3.63, 3.8) is 0 Å². The van der Waals surface area contributed by atoms with Crippen LogP contribution in [-0.4, -0.2) is 36.4 Å². The largest absolute Gasteiger partial charge is 0.320 e. The third-order valence-corrected chi connectivity index (χ3v) is 4.48. The molecule has 1 saturated heterocycles. The lowest BCUT2D eigenvalue weighted by atomic mass is 9.90. The fraction of sp³-hybridized carbons (Fsp3) is 0.471. The van der Waals surface area contributed by atoms with Gasteiger partial charge in [0.2, 0.25) is 0 Å². The lowest BCUT2D eigenvalue weighted by Crippen LogP contribution is -2.58. The molecule has 0 radical (unpaired) electrons. The van der Waals surface area contributed by atoms with E-state index in [4.69, 9.17) is 0 Å². The molecule has 1 aromatic carbocycles. The number of hydrogen-bond acceptors (Lipinski definition) is 2. The van der Waals surface area contributed by atoms with Gasteiger partial charge >= 0.3 is 0 Å². The minimum atomic E-state index is 0.507. The van der Waals surface area contributed by atoms with Crippen LogP contribution in [0.2, 0.25) is 0 Å². The Morgan fingerprint density at radius 2 is 2.05 bits per heavy atom. The number of likely N-dealkylation sites (tertiary alicyclic amines) is 1. The Balaban J connectivity index is 2.06. The smallest absolute Gasteiger partial charge is 0.0971 e. The highest BCUT2D eigenvalue weighted by Crippen LogP contribution is 2.26. The summed E-state index contributed by atoms with van der Waals surface area (Å²) in [6.45, 7) is 10.6. The van der Waals surface area contributed by atoms with E-state index < -0.39 is 0 Å². The zero-order valence-electron chi connectivity index (χ0n) is 12.8. The van der Waals surface area contributed by atoms with Crippen molar-refractivity contribution in [1.82, 2.24) is 0 Å². The van der Waals surface area contributed by atoms with Gasteiger partial charge in [-0.15, -0.1) is 0 Å². The summed E-state index contributed by atoms with van der Waals surface area (Å²) in [6, 6.07) is 10.7. The molecule has 0 saturated carbocycles. The summed E-state index contributed by atoms with van der Waals surface area (Å²) in [4.78, 5) is 0. The molecule has 3 nitrogen and oxygen atoms in total. The molecule has 1 fully saturated rings. The van der Waals surface area contributed by atoms with E-state index >= 15 is 0 Å². The molecule has 1 aliphatic rings. The standard InChI is InChI=1S/C17H26N3/c1-5-11-20(4)13-14(2)17(12-15(20)3)19-18-16-9-7-6-8-10-16/h5-10,14-15,18H,1,11-13H2,2-4H3/q+1/b19-17+/t14-,15+,20?/m0/s1. The number of hydrogen-bond donors (Lipinski definition) is 1. The van der Waals surface area contributed by atoms with Gasteiger partial charge in [0.05, 0.1) is 37.6 Å². The van der Waals surface area contributed by atoms with Crippen molar-refractivity contribution >= 4 is 11.4 Å². The lowest BCUT2D eigenvalue weighted by molar-refractivity contribution is -0.930. The summed E-state index contributed by atoms with van der Waals surface area (Å²) in [5, 5.41) is 4.64. The van der Waals surface area contributed by atoms with Crippen LogP contribution in [0, 0.1) is 5.92 Å². The molecule has 3 atom stereocenters. The summed E-state index contributed by atoms with van der Waals surface area (Å²) < 4.78 is 1.06. The van der Waals surface area contributed by atoms with E-state index in [0.29, 0.717) is 12.0 Å². The van der Waals surface area contributed by atoms with Crippen LogP contribution in [-0.2, 0) is 0 Å². The minimum absolute atomic E-state index is 0.507. The molecule has 108 valence electrons. The topological polar surface area (TPSA) is 24.4 Å². The number of piperidine rings is 1. The Morgan fingerprint density at radius 1 is 1.35 bits per heavy atom. The quantitative estimate of drug-likeness (QED) is 0.506.